The third-order valence-electron chi connectivity index (χ3n) is 2.33. The Morgan fingerprint density at radius 1 is 1.64 bits per heavy atom. The maximum atomic E-state index is 8.86. The molecule has 3 nitrogen and oxygen atoms in total. The summed E-state index contributed by atoms with van der Waals surface area (Å²) in [6.45, 7) is 1.11. The molecule has 0 aromatic rings. The number of piperidine rings is 1. The number of likely N-dealkylation sites (tertiary alicyclic amines) is 1. The average Bonchev–Trinajstić information content (AvgIpc) is 2.04. The Morgan fingerprint density at radius 3 is 2.82 bits per heavy atom. The highest BCUT2D eigenvalue weighted by molar-refractivity contribution is 4.94. The smallest absolute Gasteiger partial charge is 0.0975 e. The third kappa shape index (κ3) is 1.92. The van der Waals surface area contributed by atoms with Crippen LogP contribution in [0.4, 0.5) is 0 Å². The Kier molecular flexibility index (Phi) is 2.86. The molecule has 0 aromatic carbocycles. The van der Waals surface area contributed by atoms with Crippen LogP contribution in [-0.2, 0) is 0 Å². The maximum Gasteiger partial charge on any atom is 0.0975 e. The van der Waals surface area contributed by atoms with Gasteiger partial charge in [-0.25, -0.2) is 0 Å². The van der Waals surface area contributed by atoms with Crippen molar-refractivity contribution in [3.8, 4) is 6.07 Å². The quantitative estimate of drug-likeness (QED) is 0.587. The second kappa shape index (κ2) is 3.70. The van der Waals surface area contributed by atoms with E-state index in [9.17, 15) is 0 Å². The summed E-state index contributed by atoms with van der Waals surface area (Å²) in [6.07, 6.45) is 1.89. The summed E-state index contributed by atoms with van der Waals surface area (Å²) in [5.74, 6) is 0.379. The van der Waals surface area contributed by atoms with Crippen LogP contribution in [0, 0.1) is 17.2 Å². The molecule has 1 aliphatic rings. The molecule has 62 valence electrons. The minimum absolute atomic E-state index is 0.0674. The monoisotopic (exact) mass is 154 g/mol. The summed E-state index contributed by atoms with van der Waals surface area (Å²) in [5, 5.41) is 17.5. The van der Waals surface area contributed by atoms with Gasteiger partial charge < -0.3 is 5.11 Å². The van der Waals surface area contributed by atoms with Crippen LogP contribution < -0.4 is 0 Å². The molecule has 0 saturated carbocycles. The van der Waals surface area contributed by atoms with Crippen molar-refractivity contribution in [2.45, 2.75) is 18.9 Å². The van der Waals surface area contributed by atoms with E-state index in [0.717, 1.165) is 19.4 Å². The lowest BCUT2D eigenvalue weighted by molar-refractivity contribution is 0.117. The molecule has 1 heterocycles. The number of hydrogen-bond donors (Lipinski definition) is 1. The lowest BCUT2D eigenvalue weighted by atomic mass is 9.95. The van der Waals surface area contributed by atoms with Gasteiger partial charge in [-0.1, -0.05) is 0 Å². The van der Waals surface area contributed by atoms with Crippen LogP contribution in [0.2, 0.25) is 0 Å². The summed E-state index contributed by atoms with van der Waals surface area (Å²) >= 11 is 0. The molecule has 0 spiro atoms. The third-order valence-corrected chi connectivity index (χ3v) is 2.33. The van der Waals surface area contributed by atoms with E-state index in [1.807, 2.05) is 11.9 Å². The van der Waals surface area contributed by atoms with Gasteiger partial charge in [0.2, 0.25) is 0 Å². The second-order valence-electron chi connectivity index (χ2n) is 3.21. The largest absolute Gasteiger partial charge is 0.396 e. The fourth-order valence-electron chi connectivity index (χ4n) is 1.55. The molecule has 1 rings (SSSR count). The lowest BCUT2D eigenvalue weighted by Crippen LogP contribution is -2.40. The van der Waals surface area contributed by atoms with Crippen LogP contribution in [0.25, 0.3) is 0 Å². The van der Waals surface area contributed by atoms with Crippen molar-refractivity contribution >= 4 is 0 Å². The van der Waals surface area contributed by atoms with Gasteiger partial charge in [0.25, 0.3) is 0 Å². The Balaban J connectivity index is 2.42. The zero-order valence-electron chi connectivity index (χ0n) is 6.82. The number of nitriles is 1. The van der Waals surface area contributed by atoms with E-state index in [-0.39, 0.29) is 12.6 Å². The molecule has 1 saturated heterocycles. The van der Waals surface area contributed by atoms with Gasteiger partial charge in [-0.2, -0.15) is 5.26 Å². The first-order valence-electron chi connectivity index (χ1n) is 3.98. The fraction of sp³-hybridized carbons (Fsp3) is 0.875. The summed E-state index contributed by atoms with van der Waals surface area (Å²) < 4.78 is 0. The van der Waals surface area contributed by atoms with Crippen LogP contribution in [0.5, 0.6) is 0 Å². The molecular formula is C8H14N2O. The molecule has 1 N–H and O–H groups in total. The molecule has 1 aliphatic heterocycles. The first-order chi connectivity index (χ1) is 5.27. The zero-order chi connectivity index (χ0) is 8.27. The van der Waals surface area contributed by atoms with E-state index >= 15 is 0 Å². The van der Waals surface area contributed by atoms with Gasteiger partial charge in [0.15, 0.2) is 0 Å². The number of hydrogen-bond acceptors (Lipinski definition) is 3. The van der Waals surface area contributed by atoms with E-state index < -0.39 is 0 Å². The number of nitrogens with zero attached hydrogens (tertiary/aromatic N) is 2. The van der Waals surface area contributed by atoms with Crippen molar-refractivity contribution in [3.05, 3.63) is 0 Å². The fourth-order valence-corrected chi connectivity index (χ4v) is 1.55. The number of aliphatic hydroxyl groups is 1. The first kappa shape index (κ1) is 8.51. The van der Waals surface area contributed by atoms with Crippen LogP contribution in [-0.4, -0.2) is 36.2 Å². The standard InChI is InChI=1S/C8H14N2O/c1-10-5-7(6-11)2-3-8(10)4-9/h7-8,11H,2-3,5-6H2,1H3/t7-,8-/m0/s1. The predicted octanol–water partition coefficient (Wildman–Crippen LogP) is 0.213. The topological polar surface area (TPSA) is 47.3 Å². The van der Waals surface area contributed by atoms with E-state index in [1.165, 1.54) is 0 Å². The molecule has 0 amide bonds. The van der Waals surface area contributed by atoms with Gasteiger partial charge in [0.1, 0.15) is 0 Å². The van der Waals surface area contributed by atoms with E-state index in [1.54, 1.807) is 0 Å². The number of rotatable bonds is 1. The predicted molar refractivity (Wildman–Crippen MR) is 41.8 cm³/mol. The maximum absolute atomic E-state index is 8.86. The minimum Gasteiger partial charge on any atom is -0.396 e. The van der Waals surface area contributed by atoms with Gasteiger partial charge in [0, 0.05) is 13.2 Å². The van der Waals surface area contributed by atoms with E-state index in [0.29, 0.717) is 5.92 Å². The van der Waals surface area contributed by atoms with Gasteiger partial charge >= 0.3 is 0 Å². The molecule has 11 heavy (non-hydrogen) atoms. The van der Waals surface area contributed by atoms with Crippen molar-refractivity contribution < 1.29 is 5.11 Å². The molecule has 1 fully saturated rings. The van der Waals surface area contributed by atoms with Gasteiger partial charge in [0.05, 0.1) is 12.1 Å². The first-order valence-corrected chi connectivity index (χ1v) is 3.98. The highest BCUT2D eigenvalue weighted by Gasteiger charge is 2.24. The second-order valence-corrected chi connectivity index (χ2v) is 3.21. The number of aliphatic hydroxyl groups excluding tert-OH is 1. The Labute approximate surface area is 67.2 Å². The van der Waals surface area contributed by atoms with Crippen molar-refractivity contribution in [2.24, 2.45) is 5.92 Å². The molecule has 3 heteroatoms. The highest BCUT2D eigenvalue weighted by Crippen LogP contribution is 2.19. The summed E-state index contributed by atoms with van der Waals surface area (Å²) in [7, 11) is 1.94. The van der Waals surface area contributed by atoms with Gasteiger partial charge in [-0.3, -0.25) is 4.90 Å². The molecular weight excluding hydrogens is 140 g/mol. The van der Waals surface area contributed by atoms with Crippen LogP contribution >= 0.6 is 0 Å². The summed E-state index contributed by atoms with van der Waals surface area (Å²) in [5.41, 5.74) is 0. The van der Waals surface area contributed by atoms with Crippen LogP contribution in [0.3, 0.4) is 0 Å². The van der Waals surface area contributed by atoms with Crippen molar-refractivity contribution in [3.63, 3.8) is 0 Å². The summed E-state index contributed by atoms with van der Waals surface area (Å²) in [6, 6.07) is 2.31. The van der Waals surface area contributed by atoms with Crippen molar-refractivity contribution in [1.29, 1.82) is 5.26 Å². The molecule has 0 radical (unpaired) electrons. The van der Waals surface area contributed by atoms with Gasteiger partial charge in [-0.15, -0.1) is 0 Å². The zero-order valence-corrected chi connectivity index (χ0v) is 6.82. The van der Waals surface area contributed by atoms with Gasteiger partial charge in [-0.05, 0) is 25.8 Å². The Morgan fingerprint density at radius 2 is 2.36 bits per heavy atom. The van der Waals surface area contributed by atoms with Crippen molar-refractivity contribution in [1.82, 2.24) is 4.90 Å². The van der Waals surface area contributed by atoms with Crippen molar-refractivity contribution in [2.75, 3.05) is 20.2 Å². The molecule has 0 aromatic heterocycles. The molecule has 0 aliphatic carbocycles. The average molecular weight is 154 g/mol. The summed E-state index contributed by atoms with van der Waals surface area (Å²) in [4.78, 5) is 2.02. The van der Waals surface area contributed by atoms with E-state index in [4.69, 9.17) is 10.4 Å². The molecule has 0 unspecified atom stereocenters. The molecule has 2 atom stereocenters. The van der Waals surface area contributed by atoms with Crippen LogP contribution in [0.1, 0.15) is 12.8 Å². The normalized spacial score (nSPS) is 33.2. The molecule has 0 bridgehead atoms. The highest BCUT2D eigenvalue weighted by atomic mass is 16.3. The van der Waals surface area contributed by atoms with Crippen LogP contribution in [0.15, 0.2) is 0 Å². The lowest BCUT2D eigenvalue weighted by Gasteiger charge is -2.32. The Hall–Kier alpha value is -0.590. The minimum atomic E-state index is 0.0674. The SMILES string of the molecule is CN1C[C@@H](CO)CC[C@H]1C#N. The Bertz CT molecular complexity index is 164. The van der Waals surface area contributed by atoms with E-state index in [2.05, 4.69) is 6.07 Å².